The quantitative estimate of drug-likeness (QED) is 0.755. The third-order valence-corrected chi connectivity index (χ3v) is 0.963. The largest absolute Gasteiger partial charge is 0.394 e. The van der Waals surface area contributed by atoms with Crippen LogP contribution in [0.4, 0.5) is 0 Å². The Morgan fingerprint density at radius 2 is 2.89 bits per heavy atom. The number of nitrogens with zero attached hydrogens (tertiary/aromatic N) is 2. The molecular weight excluding hydrogens is 184 g/mol. The molecule has 0 spiro atoms. The summed E-state index contributed by atoms with van der Waals surface area (Å²) < 4.78 is 43.1. The maximum absolute atomic E-state index is 8.96. The molecule has 1 N–H and O–H groups in total. The van der Waals surface area contributed by atoms with E-state index in [4.69, 9.17) is 13.3 Å². The predicted octanol–water partition coefficient (Wildman–Crippen LogP) is 0.638. The van der Waals surface area contributed by atoms with Crippen molar-refractivity contribution in [2.24, 2.45) is 0 Å². The van der Waals surface area contributed by atoms with Gasteiger partial charge in [-0.3, -0.25) is 4.68 Å². The molecule has 3 nitrogen and oxygen atoms in total. The van der Waals surface area contributed by atoms with Gasteiger partial charge in [0.2, 0.25) is 0 Å². The van der Waals surface area contributed by atoms with E-state index in [1.165, 1.54) is 0 Å². The van der Waals surface area contributed by atoms with Crippen LogP contribution in [0.15, 0.2) is 16.8 Å². The lowest BCUT2D eigenvalue weighted by Gasteiger charge is -1.92. The van der Waals surface area contributed by atoms with Crippen LogP contribution in [-0.2, 0) is 6.50 Å². The summed E-state index contributed by atoms with van der Waals surface area (Å²) in [7, 11) is 0. The zero-order valence-electron chi connectivity index (χ0n) is 10.2. The molecule has 1 aromatic heterocycles. The fourth-order valence-electron chi connectivity index (χ4n) is 0.337. The number of hydrogen-bond donors (Lipinski definition) is 1. The molecule has 0 atom stereocenters. The van der Waals surface area contributed by atoms with Crippen molar-refractivity contribution >= 4 is 15.9 Å². The standard InChI is InChI=1S/C5H7BrN2O/c6-5-3-7-8(4-5)1-2-9/h3-4,9H,1-2H2/i1D2,2D2,3D,4D. The van der Waals surface area contributed by atoms with E-state index in [-0.39, 0.29) is 4.47 Å². The molecule has 1 heterocycles. The topological polar surface area (TPSA) is 38.0 Å². The highest BCUT2D eigenvalue weighted by atomic mass is 79.9. The Labute approximate surface area is 69.9 Å². The highest BCUT2D eigenvalue weighted by molar-refractivity contribution is 9.10. The molecule has 0 fully saturated rings. The van der Waals surface area contributed by atoms with Gasteiger partial charge in [0, 0.05) is 6.17 Å². The molecule has 0 saturated carbocycles. The van der Waals surface area contributed by atoms with Crippen molar-refractivity contribution in [1.82, 2.24) is 9.78 Å². The van der Waals surface area contributed by atoms with Crippen molar-refractivity contribution in [1.29, 1.82) is 0 Å². The maximum atomic E-state index is 8.96. The van der Waals surface area contributed by atoms with Gasteiger partial charge in [0.15, 0.2) is 0 Å². The minimum atomic E-state index is -3.19. The average molecular weight is 197 g/mol. The first-order valence-corrected chi connectivity index (χ1v) is 2.83. The van der Waals surface area contributed by atoms with Crippen LogP contribution in [0.5, 0.6) is 0 Å². The summed E-state index contributed by atoms with van der Waals surface area (Å²) in [5.74, 6) is 0. The minimum absolute atomic E-state index is 0.0596. The molecule has 0 saturated heterocycles. The van der Waals surface area contributed by atoms with E-state index < -0.39 is 25.4 Å². The molecule has 0 unspecified atom stereocenters. The lowest BCUT2D eigenvalue weighted by Crippen LogP contribution is -2.01. The van der Waals surface area contributed by atoms with Crippen molar-refractivity contribution in [3.8, 4) is 0 Å². The third kappa shape index (κ3) is 1.80. The SMILES string of the molecule is [2H]c1nn(C([2H])([2H])C([2H])([2H])O)c([2H])c1Br. The second-order valence-corrected chi connectivity index (χ2v) is 1.97. The van der Waals surface area contributed by atoms with Gasteiger partial charge in [-0.1, -0.05) is 0 Å². The highest BCUT2D eigenvalue weighted by Crippen LogP contribution is 2.05. The van der Waals surface area contributed by atoms with E-state index in [1.54, 1.807) is 0 Å². The predicted molar refractivity (Wildman–Crippen MR) is 37.0 cm³/mol. The van der Waals surface area contributed by atoms with Crippen LogP contribution in [0.3, 0.4) is 0 Å². The summed E-state index contributed by atoms with van der Waals surface area (Å²) >= 11 is 2.83. The van der Waals surface area contributed by atoms with Gasteiger partial charge in [-0.2, -0.15) is 5.10 Å². The molecule has 9 heavy (non-hydrogen) atoms. The molecular formula is C5H7BrN2O. The van der Waals surface area contributed by atoms with Crippen molar-refractivity contribution in [2.45, 2.75) is 6.50 Å². The summed E-state index contributed by atoms with van der Waals surface area (Å²) in [5.41, 5.74) is 0. The monoisotopic (exact) mass is 196 g/mol. The van der Waals surface area contributed by atoms with Crippen LogP contribution < -0.4 is 0 Å². The fourth-order valence-corrected chi connectivity index (χ4v) is 0.584. The lowest BCUT2D eigenvalue weighted by molar-refractivity contribution is 0.269. The smallest absolute Gasteiger partial charge is 0.0872 e. The molecule has 0 aliphatic rings. The van der Waals surface area contributed by atoms with Crippen molar-refractivity contribution < 1.29 is 13.3 Å². The van der Waals surface area contributed by atoms with E-state index in [1.807, 2.05) is 0 Å². The lowest BCUT2D eigenvalue weighted by atomic mass is 10.7. The second-order valence-electron chi connectivity index (χ2n) is 1.17. The van der Waals surface area contributed by atoms with Gasteiger partial charge in [-0.05, 0) is 15.9 Å². The Balaban J connectivity index is 3.34. The first kappa shape index (κ1) is 2.36. The second kappa shape index (κ2) is 2.98. The van der Waals surface area contributed by atoms with Gasteiger partial charge >= 0.3 is 0 Å². The van der Waals surface area contributed by atoms with Crippen LogP contribution in [-0.4, -0.2) is 21.4 Å². The van der Waals surface area contributed by atoms with Crippen LogP contribution in [0.2, 0.25) is 0 Å². The highest BCUT2D eigenvalue weighted by Gasteiger charge is 1.90. The third-order valence-electron chi connectivity index (χ3n) is 0.608. The Morgan fingerprint density at radius 1 is 2.11 bits per heavy atom. The van der Waals surface area contributed by atoms with Crippen LogP contribution in [0, 0.1) is 0 Å². The molecule has 1 aromatic rings. The van der Waals surface area contributed by atoms with E-state index in [0.717, 1.165) is 0 Å². The minimum Gasteiger partial charge on any atom is -0.394 e. The molecule has 0 aliphatic heterocycles. The van der Waals surface area contributed by atoms with E-state index in [2.05, 4.69) is 21.0 Å². The fraction of sp³-hybridized carbons (Fsp3) is 0.400. The summed E-state index contributed by atoms with van der Waals surface area (Å²) in [4.78, 5) is 0. The zero-order chi connectivity index (χ0) is 12.0. The van der Waals surface area contributed by atoms with Crippen molar-refractivity contribution in [3.63, 3.8) is 0 Å². The normalized spacial score (nSPS) is 22.9. The zero-order valence-corrected chi connectivity index (χ0v) is 5.81. The van der Waals surface area contributed by atoms with E-state index >= 15 is 0 Å². The number of aryl methyl sites for hydroxylation is 1. The summed E-state index contributed by atoms with van der Waals surface area (Å²) in [6.45, 7) is -6.10. The molecule has 0 aliphatic carbocycles. The molecule has 4 heteroatoms. The summed E-state index contributed by atoms with van der Waals surface area (Å²) in [5, 5.41) is 12.3. The number of rotatable bonds is 2. The van der Waals surface area contributed by atoms with Gasteiger partial charge in [0.05, 0.1) is 31.9 Å². The summed E-state index contributed by atoms with van der Waals surface area (Å²) in [6.07, 6.45) is -0.906. The molecule has 50 valence electrons. The molecule has 0 bridgehead atoms. The van der Waals surface area contributed by atoms with E-state index in [0.29, 0.717) is 4.68 Å². The Kier molecular flexibility index (Phi) is 0.782. The molecule has 0 amide bonds. The van der Waals surface area contributed by atoms with Gasteiger partial charge in [-0.15, -0.1) is 0 Å². The molecule has 0 aromatic carbocycles. The van der Waals surface area contributed by atoms with Gasteiger partial charge < -0.3 is 5.11 Å². The maximum Gasteiger partial charge on any atom is 0.0872 e. The van der Waals surface area contributed by atoms with Gasteiger partial charge in [0.1, 0.15) is 0 Å². The average Bonchev–Trinajstić information content (AvgIpc) is 2.31. The summed E-state index contributed by atoms with van der Waals surface area (Å²) in [6, 6.07) is 0. The van der Waals surface area contributed by atoms with Crippen LogP contribution in [0.1, 0.15) is 8.22 Å². The molecule has 0 radical (unpaired) electrons. The van der Waals surface area contributed by atoms with Gasteiger partial charge in [-0.25, -0.2) is 0 Å². The number of aliphatic hydroxyl groups is 1. The number of halogens is 1. The van der Waals surface area contributed by atoms with Crippen molar-refractivity contribution in [2.75, 3.05) is 6.56 Å². The van der Waals surface area contributed by atoms with E-state index in [9.17, 15) is 0 Å². The van der Waals surface area contributed by atoms with Gasteiger partial charge in [0.25, 0.3) is 0 Å². The van der Waals surface area contributed by atoms with Crippen molar-refractivity contribution in [3.05, 3.63) is 16.8 Å². The first-order chi connectivity index (χ1) is 6.59. The van der Waals surface area contributed by atoms with Crippen LogP contribution in [0.25, 0.3) is 0 Å². The first-order valence-electron chi connectivity index (χ1n) is 5.03. The number of hydrogen-bond acceptors (Lipinski definition) is 2. The Bertz CT molecular complexity index is 386. The van der Waals surface area contributed by atoms with Crippen LogP contribution >= 0.6 is 15.9 Å². The Morgan fingerprint density at radius 3 is 3.33 bits per heavy atom. The molecule has 1 rings (SSSR count). The number of aromatic nitrogens is 2. The Hall–Kier alpha value is -0.350.